The van der Waals surface area contributed by atoms with Crippen molar-refractivity contribution in [3.8, 4) is 0 Å². The zero-order valence-electron chi connectivity index (χ0n) is 11.7. The monoisotopic (exact) mass is 286 g/mol. The summed E-state index contributed by atoms with van der Waals surface area (Å²) in [5, 5.41) is 8.73. The van der Waals surface area contributed by atoms with Crippen molar-refractivity contribution < 1.29 is 9.90 Å². The van der Waals surface area contributed by atoms with Gasteiger partial charge in [0.2, 0.25) is 0 Å². The molecule has 0 saturated heterocycles. The Morgan fingerprint density at radius 2 is 1.65 bits per heavy atom. The molecule has 0 aromatic heterocycles. The van der Waals surface area contributed by atoms with E-state index >= 15 is 0 Å². The fourth-order valence-electron chi connectivity index (χ4n) is 1.94. The molecule has 0 aliphatic rings. The Morgan fingerprint density at radius 3 is 2.25 bits per heavy atom. The Morgan fingerprint density at radius 1 is 1.00 bits per heavy atom. The first kappa shape index (κ1) is 14.7. The van der Waals surface area contributed by atoms with E-state index in [2.05, 4.69) is 32.0 Å². The Labute approximate surface area is 123 Å². The van der Waals surface area contributed by atoms with Crippen molar-refractivity contribution in [2.45, 2.75) is 30.9 Å². The molecule has 0 spiro atoms. The quantitative estimate of drug-likeness (QED) is 0.836. The van der Waals surface area contributed by atoms with Crippen LogP contribution in [0.25, 0.3) is 0 Å². The second-order valence-electron chi connectivity index (χ2n) is 4.92. The average Bonchev–Trinajstić information content (AvgIpc) is 2.41. The van der Waals surface area contributed by atoms with Crippen molar-refractivity contribution in [2.75, 3.05) is 0 Å². The van der Waals surface area contributed by atoms with Crippen LogP contribution in [-0.2, 0) is 17.0 Å². The standard InChI is InChI=1S/C17H18O2S/c1-12-3-4-15(9-13(12)2)11-20-16-7-5-14(6-8-16)10-17(18)19/h3-9H,10-11H2,1-2H3,(H,18,19). The third-order valence-electron chi connectivity index (χ3n) is 3.26. The molecule has 0 fully saturated rings. The number of hydrogen-bond acceptors (Lipinski definition) is 2. The fraction of sp³-hybridized carbons (Fsp3) is 0.235. The Hall–Kier alpha value is -1.74. The second kappa shape index (κ2) is 6.62. The first-order valence-corrected chi connectivity index (χ1v) is 7.53. The van der Waals surface area contributed by atoms with E-state index in [4.69, 9.17) is 5.11 Å². The molecule has 0 unspecified atom stereocenters. The van der Waals surface area contributed by atoms with E-state index in [-0.39, 0.29) is 6.42 Å². The van der Waals surface area contributed by atoms with Crippen LogP contribution in [0.15, 0.2) is 47.4 Å². The molecule has 20 heavy (non-hydrogen) atoms. The molecule has 0 aliphatic carbocycles. The minimum atomic E-state index is -0.791. The molecule has 0 bridgehead atoms. The number of hydrogen-bond donors (Lipinski definition) is 1. The van der Waals surface area contributed by atoms with Gasteiger partial charge < -0.3 is 5.11 Å². The molecule has 0 saturated carbocycles. The van der Waals surface area contributed by atoms with Gasteiger partial charge in [0.15, 0.2) is 0 Å². The molecule has 0 heterocycles. The predicted molar refractivity (Wildman–Crippen MR) is 83.3 cm³/mol. The highest BCUT2D eigenvalue weighted by Gasteiger charge is 2.02. The molecule has 0 radical (unpaired) electrons. The van der Waals surface area contributed by atoms with Gasteiger partial charge in [-0.25, -0.2) is 0 Å². The lowest BCUT2D eigenvalue weighted by Gasteiger charge is -2.06. The minimum Gasteiger partial charge on any atom is -0.481 e. The molecule has 104 valence electrons. The molecule has 0 amide bonds. The van der Waals surface area contributed by atoms with Crippen LogP contribution in [0.4, 0.5) is 0 Å². The van der Waals surface area contributed by atoms with Gasteiger partial charge in [0.1, 0.15) is 0 Å². The highest BCUT2D eigenvalue weighted by molar-refractivity contribution is 7.98. The number of carboxylic acid groups (broad SMARTS) is 1. The highest BCUT2D eigenvalue weighted by atomic mass is 32.2. The van der Waals surface area contributed by atoms with Gasteiger partial charge in [-0.2, -0.15) is 0 Å². The molecule has 2 rings (SSSR count). The number of thioether (sulfide) groups is 1. The van der Waals surface area contributed by atoms with Gasteiger partial charge in [-0.15, -0.1) is 11.8 Å². The molecule has 3 heteroatoms. The van der Waals surface area contributed by atoms with Crippen LogP contribution in [-0.4, -0.2) is 11.1 Å². The predicted octanol–water partition coefficient (Wildman–Crippen LogP) is 4.22. The molecule has 1 N–H and O–H groups in total. The summed E-state index contributed by atoms with van der Waals surface area (Å²) in [4.78, 5) is 11.8. The van der Waals surface area contributed by atoms with E-state index in [1.165, 1.54) is 16.7 Å². The third-order valence-corrected chi connectivity index (χ3v) is 4.34. The second-order valence-corrected chi connectivity index (χ2v) is 5.97. The summed E-state index contributed by atoms with van der Waals surface area (Å²) in [5.41, 5.74) is 4.79. The van der Waals surface area contributed by atoms with E-state index in [0.29, 0.717) is 0 Å². The number of carbonyl (C=O) groups is 1. The summed E-state index contributed by atoms with van der Waals surface area (Å²) >= 11 is 1.77. The number of rotatable bonds is 5. The van der Waals surface area contributed by atoms with Gasteiger partial charge in [0.05, 0.1) is 6.42 Å². The van der Waals surface area contributed by atoms with Gasteiger partial charge in [-0.05, 0) is 48.2 Å². The smallest absolute Gasteiger partial charge is 0.307 e. The first-order chi connectivity index (χ1) is 9.54. The topological polar surface area (TPSA) is 37.3 Å². The molecule has 2 aromatic rings. The SMILES string of the molecule is Cc1ccc(CSc2ccc(CC(=O)O)cc2)cc1C. The van der Waals surface area contributed by atoms with Crippen molar-refractivity contribution >= 4 is 17.7 Å². The largest absolute Gasteiger partial charge is 0.481 e. The van der Waals surface area contributed by atoms with Crippen molar-refractivity contribution in [3.63, 3.8) is 0 Å². The van der Waals surface area contributed by atoms with Gasteiger partial charge in [-0.3, -0.25) is 4.79 Å². The Bertz CT molecular complexity index is 603. The first-order valence-electron chi connectivity index (χ1n) is 6.54. The van der Waals surface area contributed by atoms with E-state index in [1.54, 1.807) is 11.8 Å². The third kappa shape index (κ3) is 4.14. The van der Waals surface area contributed by atoms with Crippen LogP contribution in [0.2, 0.25) is 0 Å². The summed E-state index contributed by atoms with van der Waals surface area (Å²) in [5.74, 6) is 0.139. The lowest BCUT2D eigenvalue weighted by molar-refractivity contribution is -0.136. The lowest BCUT2D eigenvalue weighted by Crippen LogP contribution is -1.99. The fourth-order valence-corrected chi connectivity index (χ4v) is 2.78. The highest BCUT2D eigenvalue weighted by Crippen LogP contribution is 2.24. The average molecular weight is 286 g/mol. The number of aryl methyl sites for hydroxylation is 2. The molecular formula is C17H18O2S. The van der Waals surface area contributed by atoms with Crippen LogP contribution >= 0.6 is 11.8 Å². The van der Waals surface area contributed by atoms with E-state index in [1.807, 2.05) is 24.3 Å². The van der Waals surface area contributed by atoms with Gasteiger partial charge in [-0.1, -0.05) is 30.3 Å². The van der Waals surface area contributed by atoms with E-state index in [0.717, 1.165) is 16.2 Å². The van der Waals surface area contributed by atoms with Gasteiger partial charge >= 0.3 is 5.97 Å². The minimum absolute atomic E-state index is 0.0854. The van der Waals surface area contributed by atoms with Crippen molar-refractivity contribution in [2.24, 2.45) is 0 Å². The Balaban J connectivity index is 1.96. The van der Waals surface area contributed by atoms with Crippen molar-refractivity contribution in [1.29, 1.82) is 0 Å². The van der Waals surface area contributed by atoms with Crippen LogP contribution in [0.1, 0.15) is 22.3 Å². The molecular weight excluding hydrogens is 268 g/mol. The molecule has 2 aromatic carbocycles. The van der Waals surface area contributed by atoms with E-state index < -0.39 is 5.97 Å². The summed E-state index contributed by atoms with van der Waals surface area (Å²) in [6.07, 6.45) is 0.0854. The maximum absolute atomic E-state index is 10.6. The van der Waals surface area contributed by atoms with Crippen molar-refractivity contribution in [1.82, 2.24) is 0 Å². The maximum Gasteiger partial charge on any atom is 0.307 e. The number of benzene rings is 2. The van der Waals surface area contributed by atoms with Gasteiger partial charge in [0.25, 0.3) is 0 Å². The molecule has 0 aliphatic heterocycles. The zero-order chi connectivity index (χ0) is 14.5. The summed E-state index contributed by atoms with van der Waals surface area (Å²) in [6, 6.07) is 14.3. The van der Waals surface area contributed by atoms with Crippen LogP contribution in [0.3, 0.4) is 0 Å². The normalized spacial score (nSPS) is 10.5. The summed E-state index contributed by atoms with van der Waals surface area (Å²) in [6.45, 7) is 4.25. The van der Waals surface area contributed by atoms with Gasteiger partial charge in [0, 0.05) is 10.6 Å². The van der Waals surface area contributed by atoms with Crippen LogP contribution in [0.5, 0.6) is 0 Å². The molecule has 2 nitrogen and oxygen atoms in total. The Kier molecular flexibility index (Phi) is 4.85. The lowest BCUT2D eigenvalue weighted by atomic mass is 10.1. The zero-order valence-corrected chi connectivity index (χ0v) is 12.5. The summed E-state index contributed by atoms with van der Waals surface area (Å²) < 4.78 is 0. The number of aliphatic carboxylic acids is 1. The summed E-state index contributed by atoms with van der Waals surface area (Å²) in [7, 11) is 0. The van der Waals surface area contributed by atoms with E-state index in [9.17, 15) is 4.79 Å². The van der Waals surface area contributed by atoms with Crippen LogP contribution in [0, 0.1) is 13.8 Å². The number of carboxylic acids is 1. The van der Waals surface area contributed by atoms with Crippen molar-refractivity contribution in [3.05, 3.63) is 64.7 Å². The maximum atomic E-state index is 10.6. The van der Waals surface area contributed by atoms with Crippen LogP contribution < -0.4 is 0 Å². The molecule has 0 atom stereocenters.